The first-order valence-corrected chi connectivity index (χ1v) is 5.86. The van der Waals surface area contributed by atoms with Crippen molar-refractivity contribution < 1.29 is 9.90 Å². The lowest BCUT2D eigenvalue weighted by atomic mass is 10.2. The molecule has 1 aromatic carbocycles. The van der Waals surface area contributed by atoms with Crippen LogP contribution >= 0.6 is 22.6 Å². The van der Waals surface area contributed by atoms with Crippen molar-refractivity contribution in [1.82, 2.24) is 5.32 Å². The van der Waals surface area contributed by atoms with Gasteiger partial charge in [-0.15, -0.1) is 0 Å². The summed E-state index contributed by atoms with van der Waals surface area (Å²) in [5, 5.41) is 11.6. The number of nitrogens with one attached hydrogen (secondary N) is 1. The van der Waals surface area contributed by atoms with Gasteiger partial charge in [0.2, 0.25) is 0 Å². The van der Waals surface area contributed by atoms with Crippen LogP contribution in [0.1, 0.15) is 17.3 Å². The first-order valence-electron chi connectivity index (χ1n) is 4.78. The molecule has 4 heteroatoms. The number of aliphatic hydroxyl groups is 1. The van der Waals surface area contributed by atoms with Gasteiger partial charge in [0.15, 0.2) is 0 Å². The van der Waals surface area contributed by atoms with Crippen LogP contribution in [0.3, 0.4) is 0 Å². The monoisotopic (exact) mass is 319 g/mol. The molecule has 0 aliphatic rings. The Labute approximate surface area is 103 Å². The molecule has 0 aliphatic carbocycles. The number of aliphatic hydroxyl groups excluding tert-OH is 1. The summed E-state index contributed by atoms with van der Waals surface area (Å²) in [7, 11) is 0. The molecule has 0 aliphatic heterocycles. The normalized spacial score (nSPS) is 12.2. The molecule has 1 amide bonds. The van der Waals surface area contributed by atoms with E-state index >= 15 is 0 Å². The van der Waals surface area contributed by atoms with E-state index in [4.69, 9.17) is 5.11 Å². The van der Waals surface area contributed by atoms with E-state index in [-0.39, 0.29) is 18.4 Å². The van der Waals surface area contributed by atoms with Crippen LogP contribution < -0.4 is 5.32 Å². The highest BCUT2D eigenvalue weighted by Crippen LogP contribution is 2.10. The molecule has 0 fully saturated rings. The number of halogens is 1. The molecule has 0 bridgehead atoms. The van der Waals surface area contributed by atoms with Gasteiger partial charge in [-0.3, -0.25) is 4.79 Å². The fourth-order valence-corrected chi connectivity index (χ4v) is 1.70. The molecule has 0 heterocycles. The smallest absolute Gasteiger partial charge is 0.252 e. The van der Waals surface area contributed by atoms with Crippen molar-refractivity contribution >= 4 is 28.5 Å². The lowest BCUT2D eigenvalue weighted by Gasteiger charge is -2.10. The van der Waals surface area contributed by atoms with Crippen molar-refractivity contribution in [1.29, 1.82) is 0 Å². The molecule has 2 N–H and O–H groups in total. The molecule has 1 atom stereocenters. The van der Waals surface area contributed by atoms with Gasteiger partial charge in [-0.2, -0.15) is 0 Å². The molecule has 1 rings (SSSR count). The Balaban J connectivity index is 2.58. The van der Waals surface area contributed by atoms with Crippen LogP contribution in [0, 0.1) is 9.49 Å². The average Bonchev–Trinajstić information content (AvgIpc) is 2.26. The SMILES string of the molecule is CC(CO)CNC(=O)c1ccccc1I. The zero-order valence-corrected chi connectivity index (χ0v) is 10.7. The molecule has 82 valence electrons. The van der Waals surface area contributed by atoms with Crippen LogP contribution in [0.4, 0.5) is 0 Å². The molecular formula is C11H14INO2. The molecular weight excluding hydrogens is 305 g/mol. The minimum absolute atomic E-state index is 0.0831. The average molecular weight is 319 g/mol. The van der Waals surface area contributed by atoms with Crippen molar-refractivity contribution in [3.05, 3.63) is 33.4 Å². The van der Waals surface area contributed by atoms with E-state index in [1.807, 2.05) is 25.1 Å². The predicted molar refractivity (Wildman–Crippen MR) is 67.7 cm³/mol. The van der Waals surface area contributed by atoms with E-state index in [1.165, 1.54) is 0 Å². The standard InChI is InChI=1S/C11H14INO2/c1-8(7-14)6-13-11(15)9-4-2-3-5-10(9)12/h2-5,8,14H,6-7H2,1H3,(H,13,15). The van der Waals surface area contributed by atoms with Gasteiger partial charge in [0.1, 0.15) is 0 Å². The number of hydrogen-bond acceptors (Lipinski definition) is 2. The number of carbonyl (C=O) groups is 1. The summed E-state index contributed by atoms with van der Waals surface area (Å²) in [6.07, 6.45) is 0. The summed E-state index contributed by atoms with van der Waals surface area (Å²) in [6.45, 7) is 2.47. The van der Waals surface area contributed by atoms with Crippen LogP contribution in [-0.2, 0) is 0 Å². The molecule has 3 nitrogen and oxygen atoms in total. The molecule has 1 aromatic rings. The van der Waals surface area contributed by atoms with Gasteiger partial charge in [0, 0.05) is 16.7 Å². The number of hydrogen-bond donors (Lipinski definition) is 2. The van der Waals surface area contributed by atoms with Crippen LogP contribution in [-0.4, -0.2) is 24.2 Å². The van der Waals surface area contributed by atoms with Crippen molar-refractivity contribution in [2.24, 2.45) is 5.92 Å². The summed E-state index contributed by atoms with van der Waals surface area (Å²) < 4.78 is 0.934. The zero-order valence-electron chi connectivity index (χ0n) is 8.53. The molecule has 0 saturated heterocycles. The second-order valence-electron chi connectivity index (χ2n) is 3.48. The van der Waals surface area contributed by atoms with Gasteiger partial charge in [0.25, 0.3) is 5.91 Å². The van der Waals surface area contributed by atoms with Gasteiger partial charge >= 0.3 is 0 Å². The lowest BCUT2D eigenvalue weighted by molar-refractivity contribution is 0.0941. The number of carbonyl (C=O) groups excluding carboxylic acids is 1. The van der Waals surface area contributed by atoms with E-state index in [1.54, 1.807) is 6.07 Å². The van der Waals surface area contributed by atoms with Crippen molar-refractivity contribution in [3.8, 4) is 0 Å². The lowest BCUT2D eigenvalue weighted by Crippen LogP contribution is -2.30. The van der Waals surface area contributed by atoms with Gasteiger partial charge in [-0.1, -0.05) is 19.1 Å². The summed E-state index contributed by atoms with van der Waals surface area (Å²) in [4.78, 5) is 11.7. The third kappa shape index (κ3) is 3.79. The van der Waals surface area contributed by atoms with Crippen molar-refractivity contribution in [2.45, 2.75) is 6.92 Å². The minimum atomic E-state index is -0.0831. The molecule has 1 unspecified atom stereocenters. The summed E-state index contributed by atoms with van der Waals surface area (Å²) in [5.74, 6) is 0.00984. The fraction of sp³-hybridized carbons (Fsp3) is 0.364. The molecule has 0 radical (unpaired) electrons. The molecule has 15 heavy (non-hydrogen) atoms. The Bertz CT molecular complexity index is 341. The zero-order chi connectivity index (χ0) is 11.3. The Morgan fingerprint density at radius 1 is 1.53 bits per heavy atom. The van der Waals surface area contributed by atoms with E-state index < -0.39 is 0 Å². The van der Waals surface area contributed by atoms with Gasteiger partial charge in [-0.05, 0) is 40.6 Å². The summed E-state index contributed by atoms with van der Waals surface area (Å²) >= 11 is 2.13. The number of amides is 1. The predicted octanol–water partition coefficient (Wildman–Crippen LogP) is 1.65. The Hall–Kier alpha value is -0.620. The van der Waals surface area contributed by atoms with Crippen molar-refractivity contribution in [3.63, 3.8) is 0 Å². The second-order valence-corrected chi connectivity index (χ2v) is 4.64. The molecule has 0 saturated carbocycles. The first-order chi connectivity index (χ1) is 7.15. The first kappa shape index (κ1) is 12.4. The number of benzene rings is 1. The summed E-state index contributed by atoms with van der Waals surface area (Å²) in [5.41, 5.74) is 0.684. The van der Waals surface area contributed by atoms with E-state index in [0.717, 1.165) is 3.57 Å². The minimum Gasteiger partial charge on any atom is -0.396 e. The highest BCUT2D eigenvalue weighted by atomic mass is 127. The van der Waals surface area contributed by atoms with Gasteiger partial charge in [0.05, 0.1) is 5.56 Å². The van der Waals surface area contributed by atoms with E-state index in [9.17, 15) is 4.79 Å². The van der Waals surface area contributed by atoms with Gasteiger partial charge < -0.3 is 10.4 Å². The van der Waals surface area contributed by atoms with E-state index in [2.05, 4.69) is 27.9 Å². The van der Waals surface area contributed by atoms with Gasteiger partial charge in [-0.25, -0.2) is 0 Å². The maximum atomic E-state index is 11.7. The van der Waals surface area contributed by atoms with Crippen LogP contribution in [0.2, 0.25) is 0 Å². The van der Waals surface area contributed by atoms with Crippen LogP contribution in [0.5, 0.6) is 0 Å². The van der Waals surface area contributed by atoms with Crippen LogP contribution in [0.25, 0.3) is 0 Å². The third-order valence-electron chi connectivity index (χ3n) is 2.04. The summed E-state index contributed by atoms with van der Waals surface area (Å²) in [6, 6.07) is 7.42. The molecule has 0 spiro atoms. The number of rotatable bonds is 4. The maximum Gasteiger partial charge on any atom is 0.252 e. The highest BCUT2D eigenvalue weighted by Gasteiger charge is 2.09. The topological polar surface area (TPSA) is 49.3 Å². The molecule has 0 aromatic heterocycles. The Morgan fingerprint density at radius 2 is 2.20 bits per heavy atom. The fourth-order valence-electron chi connectivity index (χ4n) is 1.07. The van der Waals surface area contributed by atoms with Crippen LogP contribution in [0.15, 0.2) is 24.3 Å². The van der Waals surface area contributed by atoms with E-state index in [0.29, 0.717) is 12.1 Å². The maximum absolute atomic E-state index is 11.7. The van der Waals surface area contributed by atoms with Crippen molar-refractivity contribution in [2.75, 3.05) is 13.2 Å². The third-order valence-corrected chi connectivity index (χ3v) is 2.98. The Kier molecular flexibility index (Phi) is 5.04. The quantitative estimate of drug-likeness (QED) is 0.829. The largest absolute Gasteiger partial charge is 0.396 e. The Morgan fingerprint density at radius 3 is 2.80 bits per heavy atom. The second kappa shape index (κ2) is 6.07. The highest BCUT2D eigenvalue weighted by molar-refractivity contribution is 14.1.